The molecule has 0 radical (unpaired) electrons. The molecule has 1 aliphatic heterocycles. The van der Waals surface area contributed by atoms with E-state index in [1.54, 1.807) is 24.3 Å². The van der Waals surface area contributed by atoms with E-state index in [0.29, 0.717) is 10.7 Å². The Balaban J connectivity index is 1.96. The molecule has 0 atom stereocenters. The van der Waals surface area contributed by atoms with Crippen LogP contribution in [0.4, 0.5) is 5.69 Å². The normalized spacial score (nSPS) is 17.6. The highest BCUT2D eigenvalue weighted by atomic mass is 35.5. The van der Waals surface area contributed by atoms with Crippen molar-refractivity contribution in [1.82, 2.24) is 5.32 Å². The average Bonchev–Trinajstić information content (AvgIpc) is 2.32. The zero-order valence-electron chi connectivity index (χ0n) is 10.0. The zero-order valence-corrected chi connectivity index (χ0v) is 11.6. The summed E-state index contributed by atoms with van der Waals surface area (Å²) >= 11 is 5.75. The van der Waals surface area contributed by atoms with Gasteiger partial charge in [0.25, 0.3) is 0 Å². The maximum absolute atomic E-state index is 12.0. The van der Waals surface area contributed by atoms with Crippen LogP contribution in [0.3, 0.4) is 0 Å². The second-order valence-electron chi connectivity index (χ2n) is 4.58. The van der Waals surface area contributed by atoms with Gasteiger partial charge in [-0.2, -0.15) is 0 Å². The van der Waals surface area contributed by atoms with Gasteiger partial charge in [-0.1, -0.05) is 11.6 Å². The summed E-state index contributed by atoms with van der Waals surface area (Å²) in [6.45, 7) is 1.81. The van der Waals surface area contributed by atoms with Crippen molar-refractivity contribution in [3.05, 3.63) is 29.3 Å². The first-order chi connectivity index (χ1) is 8.55. The van der Waals surface area contributed by atoms with Crippen LogP contribution in [0.2, 0.25) is 5.02 Å². The number of rotatable bonds is 4. The first-order valence-electron chi connectivity index (χ1n) is 6.02. The molecule has 1 saturated heterocycles. The summed E-state index contributed by atoms with van der Waals surface area (Å²) in [6.07, 6.45) is 1.84. The van der Waals surface area contributed by atoms with Crippen molar-refractivity contribution < 1.29 is 8.42 Å². The largest absolute Gasteiger partial charge is 0.317 e. The highest BCUT2D eigenvalue weighted by Crippen LogP contribution is 2.18. The molecule has 0 aliphatic carbocycles. The molecule has 1 aromatic rings. The zero-order chi connectivity index (χ0) is 13.0. The molecule has 18 heavy (non-hydrogen) atoms. The molecule has 0 unspecified atom stereocenters. The van der Waals surface area contributed by atoms with E-state index in [2.05, 4.69) is 10.0 Å². The predicted octanol–water partition coefficient (Wildman–Crippen LogP) is 2.08. The van der Waals surface area contributed by atoms with Crippen molar-refractivity contribution in [2.24, 2.45) is 5.92 Å². The number of benzene rings is 1. The Morgan fingerprint density at radius 3 is 2.44 bits per heavy atom. The van der Waals surface area contributed by atoms with E-state index in [1.807, 2.05) is 0 Å². The molecule has 0 spiro atoms. The minimum Gasteiger partial charge on any atom is -0.317 e. The Morgan fingerprint density at radius 2 is 1.83 bits per heavy atom. The molecule has 1 aliphatic rings. The lowest BCUT2D eigenvalue weighted by Crippen LogP contribution is -2.33. The lowest BCUT2D eigenvalue weighted by Gasteiger charge is -2.22. The quantitative estimate of drug-likeness (QED) is 0.892. The molecule has 2 rings (SSSR count). The smallest absolute Gasteiger partial charge is 0.232 e. The number of hydrogen-bond donors (Lipinski definition) is 2. The van der Waals surface area contributed by atoms with Gasteiger partial charge in [0.15, 0.2) is 0 Å². The molecule has 0 bridgehead atoms. The Hall–Kier alpha value is -0.780. The third-order valence-electron chi connectivity index (χ3n) is 3.03. The lowest BCUT2D eigenvalue weighted by atomic mass is 10.0. The van der Waals surface area contributed by atoms with E-state index in [0.717, 1.165) is 25.9 Å². The summed E-state index contributed by atoms with van der Waals surface area (Å²) in [6, 6.07) is 6.68. The van der Waals surface area contributed by atoms with Crippen LogP contribution in [0.15, 0.2) is 24.3 Å². The second kappa shape index (κ2) is 5.91. The van der Waals surface area contributed by atoms with Crippen molar-refractivity contribution in [2.45, 2.75) is 12.8 Å². The first kappa shape index (κ1) is 13.6. The van der Waals surface area contributed by atoms with Crippen LogP contribution < -0.4 is 10.0 Å². The van der Waals surface area contributed by atoms with Gasteiger partial charge >= 0.3 is 0 Å². The van der Waals surface area contributed by atoms with Gasteiger partial charge in [-0.25, -0.2) is 8.42 Å². The predicted molar refractivity (Wildman–Crippen MR) is 74.5 cm³/mol. The van der Waals surface area contributed by atoms with Crippen molar-refractivity contribution in [2.75, 3.05) is 23.6 Å². The number of nitrogens with one attached hydrogen (secondary N) is 2. The maximum Gasteiger partial charge on any atom is 0.232 e. The Labute approximate surface area is 113 Å². The van der Waals surface area contributed by atoms with Gasteiger partial charge < -0.3 is 5.32 Å². The molecule has 1 heterocycles. The molecule has 1 fully saturated rings. The molecular formula is C12H17ClN2O2S. The summed E-state index contributed by atoms with van der Waals surface area (Å²) in [5.74, 6) is 0.438. The van der Waals surface area contributed by atoms with E-state index in [-0.39, 0.29) is 11.7 Å². The SMILES string of the molecule is O=S(=O)(CC1CCNCC1)Nc1ccc(Cl)cc1. The van der Waals surface area contributed by atoms with E-state index < -0.39 is 10.0 Å². The summed E-state index contributed by atoms with van der Waals surface area (Å²) < 4.78 is 26.6. The molecule has 6 heteroatoms. The second-order valence-corrected chi connectivity index (χ2v) is 6.79. The van der Waals surface area contributed by atoms with Gasteiger partial charge in [0.2, 0.25) is 10.0 Å². The molecule has 2 N–H and O–H groups in total. The molecule has 4 nitrogen and oxygen atoms in total. The fourth-order valence-corrected chi connectivity index (χ4v) is 3.76. The summed E-state index contributed by atoms with van der Waals surface area (Å²) in [4.78, 5) is 0. The average molecular weight is 289 g/mol. The van der Waals surface area contributed by atoms with Crippen LogP contribution in [-0.4, -0.2) is 27.3 Å². The van der Waals surface area contributed by atoms with Gasteiger partial charge in [0, 0.05) is 10.7 Å². The van der Waals surface area contributed by atoms with Crippen molar-refractivity contribution in [3.63, 3.8) is 0 Å². The standard InChI is InChI=1S/C12H17ClN2O2S/c13-11-1-3-12(4-2-11)15-18(16,17)9-10-5-7-14-8-6-10/h1-4,10,14-15H,5-9H2. The van der Waals surface area contributed by atoms with Crippen molar-refractivity contribution in [3.8, 4) is 0 Å². The Kier molecular flexibility index (Phi) is 4.48. The highest BCUT2D eigenvalue weighted by Gasteiger charge is 2.21. The molecular weight excluding hydrogens is 272 g/mol. The lowest BCUT2D eigenvalue weighted by molar-refractivity contribution is 0.402. The Bertz CT molecular complexity index is 481. The Morgan fingerprint density at radius 1 is 1.22 bits per heavy atom. The first-order valence-corrected chi connectivity index (χ1v) is 8.05. The van der Waals surface area contributed by atoms with Crippen molar-refractivity contribution >= 4 is 27.3 Å². The number of anilines is 1. The van der Waals surface area contributed by atoms with Gasteiger partial charge in [-0.3, -0.25) is 4.72 Å². The third kappa shape index (κ3) is 4.15. The minimum atomic E-state index is -3.27. The molecule has 0 saturated carbocycles. The van der Waals surface area contributed by atoms with Gasteiger partial charge in [-0.05, 0) is 56.1 Å². The molecule has 0 aromatic heterocycles. The highest BCUT2D eigenvalue weighted by molar-refractivity contribution is 7.92. The molecule has 0 amide bonds. The monoisotopic (exact) mass is 288 g/mol. The van der Waals surface area contributed by atoms with E-state index >= 15 is 0 Å². The van der Waals surface area contributed by atoms with Gasteiger partial charge in [0.1, 0.15) is 0 Å². The third-order valence-corrected chi connectivity index (χ3v) is 4.74. The van der Waals surface area contributed by atoms with Gasteiger partial charge in [-0.15, -0.1) is 0 Å². The number of piperidine rings is 1. The van der Waals surface area contributed by atoms with Crippen LogP contribution in [0.5, 0.6) is 0 Å². The summed E-state index contributed by atoms with van der Waals surface area (Å²) in [5, 5.41) is 3.82. The topological polar surface area (TPSA) is 58.2 Å². The van der Waals surface area contributed by atoms with Crippen LogP contribution >= 0.6 is 11.6 Å². The fourth-order valence-electron chi connectivity index (χ4n) is 2.10. The van der Waals surface area contributed by atoms with E-state index in [1.165, 1.54) is 0 Å². The number of halogens is 1. The fraction of sp³-hybridized carbons (Fsp3) is 0.500. The van der Waals surface area contributed by atoms with Crippen LogP contribution in [0, 0.1) is 5.92 Å². The van der Waals surface area contributed by atoms with E-state index in [9.17, 15) is 8.42 Å². The molecule has 1 aromatic carbocycles. The minimum absolute atomic E-state index is 0.192. The van der Waals surface area contributed by atoms with Crippen LogP contribution in [-0.2, 0) is 10.0 Å². The molecule has 100 valence electrons. The maximum atomic E-state index is 12.0. The summed E-state index contributed by atoms with van der Waals surface area (Å²) in [7, 11) is -3.27. The van der Waals surface area contributed by atoms with Crippen LogP contribution in [0.25, 0.3) is 0 Å². The van der Waals surface area contributed by atoms with Crippen LogP contribution in [0.1, 0.15) is 12.8 Å². The van der Waals surface area contributed by atoms with Gasteiger partial charge in [0.05, 0.1) is 5.75 Å². The number of hydrogen-bond acceptors (Lipinski definition) is 3. The summed E-state index contributed by atoms with van der Waals surface area (Å²) in [5.41, 5.74) is 0.563. The number of sulfonamides is 1. The van der Waals surface area contributed by atoms with Crippen molar-refractivity contribution in [1.29, 1.82) is 0 Å². The van der Waals surface area contributed by atoms with E-state index in [4.69, 9.17) is 11.6 Å².